The Labute approximate surface area is 113 Å². The molecule has 19 heavy (non-hydrogen) atoms. The van der Waals surface area contributed by atoms with E-state index in [1.807, 2.05) is 18.7 Å². The summed E-state index contributed by atoms with van der Waals surface area (Å²) in [4.78, 5) is 22.2. The predicted molar refractivity (Wildman–Crippen MR) is 74.5 cm³/mol. The number of rotatable bonds is 3. The van der Waals surface area contributed by atoms with Gasteiger partial charge in [0.15, 0.2) is 0 Å². The second-order valence-electron chi connectivity index (χ2n) is 5.23. The van der Waals surface area contributed by atoms with Crippen LogP contribution in [0.5, 0.6) is 0 Å². The lowest BCUT2D eigenvalue weighted by atomic mass is 10.0. The van der Waals surface area contributed by atoms with E-state index in [-0.39, 0.29) is 17.9 Å². The van der Waals surface area contributed by atoms with E-state index in [9.17, 15) is 4.79 Å². The van der Waals surface area contributed by atoms with E-state index in [2.05, 4.69) is 15.3 Å². The molecule has 0 radical (unpaired) electrons. The number of carbonyl (C=O) groups excluding carboxylic acids is 1. The summed E-state index contributed by atoms with van der Waals surface area (Å²) in [7, 11) is 0. The van der Waals surface area contributed by atoms with Crippen LogP contribution in [0.2, 0.25) is 0 Å². The lowest BCUT2D eigenvalue weighted by molar-refractivity contribution is -0.135. The minimum atomic E-state index is 0.0439. The van der Waals surface area contributed by atoms with Crippen LogP contribution in [0, 0.1) is 5.92 Å². The van der Waals surface area contributed by atoms with E-state index in [0.717, 1.165) is 19.4 Å². The Balaban J connectivity index is 1.96. The van der Waals surface area contributed by atoms with Crippen molar-refractivity contribution in [3.63, 3.8) is 0 Å². The molecule has 1 saturated heterocycles. The van der Waals surface area contributed by atoms with Crippen molar-refractivity contribution in [2.24, 2.45) is 5.92 Å². The summed E-state index contributed by atoms with van der Waals surface area (Å²) in [6, 6.07) is 1.85. The first-order valence-electron chi connectivity index (χ1n) is 6.70. The molecule has 104 valence electrons. The number of hydrogen-bond acceptors (Lipinski definition) is 5. The monoisotopic (exact) mass is 263 g/mol. The highest BCUT2D eigenvalue weighted by molar-refractivity contribution is 5.78. The van der Waals surface area contributed by atoms with Crippen molar-refractivity contribution in [3.05, 3.63) is 12.3 Å². The Morgan fingerprint density at radius 3 is 3.05 bits per heavy atom. The number of nitrogens with zero attached hydrogens (tertiary/aromatic N) is 3. The van der Waals surface area contributed by atoms with Gasteiger partial charge in [-0.2, -0.15) is 4.98 Å². The number of carbonyl (C=O) groups is 1. The lowest BCUT2D eigenvalue weighted by Gasteiger charge is -2.34. The van der Waals surface area contributed by atoms with Gasteiger partial charge in [-0.15, -0.1) is 0 Å². The summed E-state index contributed by atoms with van der Waals surface area (Å²) in [5.74, 6) is 1.23. The number of nitrogen functional groups attached to an aromatic ring is 1. The minimum Gasteiger partial charge on any atom is -0.384 e. The molecule has 1 aliphatic rings. The van der Waals surface area contributed by atoms with E-state index >= 15 is 0 Å². The molecule has 0 spiro atoms. The number of likely N-dealkylation sites (tertiary alicyclic amines) is 1. The summed E-state index contributed by atoms with van der Waals surface area (Å²) < 4.78 is 0. The maximum atomic E-state index is 12.0. The molecule has 1 aliphatic heterocycles. The third-order valence-corrected chi connectivity index (χ3v) is 3.24. The molecule has 0 unspecified atom stereocenters. The number of piperidine rings is 1. The van der Waals surface area contributed by atoms with Gasteiger partial charge in [0.2, 0.25) is 11.9 Å². The van der Waals surface area contributed by atoms with Crippen LogP contribution in [-0.4, -0.2) is 39.9 Å². The van der Waals surface area contributed by atoms with Crippen LogP contribution in [0.25, 0.3) is 0 Å². The van der Waals surface area contributed by atoms with E-state index in [1.165, 1.54) is 0 Å². The number of nitrogens with two attached hydrogens (primary N) is 1. The van der Waals surface area contributed by atoms with Gasteiger partial charge in [-0.25, -0.2) is 4.98 Å². The molecule has 2 rings (SSSR count). The van der Waals surface area contributed by atoms with Gasteiger partial charge >= 0.3 is 0 Å². The Kier molecular flexibility index (Phi) is 4.19. The van der Waals surface area contributed by atoms with Crippen LogP contribution >= 0.6 is 0 Å². The Bertz CT molecular complexity index is 448. The number of nitrogens with one attached hydrogen (secondary N) is 1. The highest BCUT2D eigenvalue weighted by Crippen LogP contribution is 2.16. The Morgan fingerprint density at radius 1 is 1.58 bits per heavy atom. The van der Waals surface area contributed by atoms with Crippen LogP contribution in [0.3, 0.4) is 0 Å². The van der Waals surface area contributed by atoms with E-state index in [0.29, 0.717) is 18.3 Å². The first-order valence-corrected chi connectivity index (χ1v) is 6.70. The molecular weight excluding hydrogens is 242 g/mol. The van der Waals surface area contributed by atoms with Crippen molar-refractivity contribution in [1.82, 2.24) is 14.9 Å². The molecule has 1 fully saturated rings. The van der Waals surface area contributed by atoms with Crippen LogP contribution in [-0.2, 0) is 4.79 Å². The maximum Gasteiger partial charge on any atom is 0.225 e. The number of amides is 1. The second-order valence-corrected chi connectivity index (χ2v) is 5.23. The molecule has 0 saturated carbocycles. The topological polar surface area (TPSA) is 84.1 Å². The molecule has 3 N–H and O–H groups in total. The molecule has 0 aromatic carbocycles. The van der Waals surface area contributed by atoms with Crippen LogP contribution < -0.4 is 11.1 Å². The SMILES string of the molecule is CC(C)C(=O)N1CCC[C@@H](Nc2nccc(N)n2)C1. The third kappa shape index (κ3) is 3.56. The molecule has 1 aromatic rings. The largest absolute Gasteiger partial charge is 0.384 e. The summed E-state index contributed by atoms with van der Waals surface area (Å²) in [6.45, 7) is 5.41. The molecule has 1 aromatic heterocycles. The van der Waals surface area contributed by atoms with Gasteiger partial charge in [0, 0.05) is 31.2 Å². The van der Waals surface area contributed by atoms with Gasteiger partial charge in [0.25, 0.3) is 0 Å². The van der Waals surface area contributed by atoms with Gasteiger partial charge in [-0.05, 0) is 18.9 Å². The Morgan fingerprint density at radius 2 is 2.37 bits per heavy atom. The smallest absolute Gasteiger partial charge is 0.225 e. The average molecular weight is 263 g/mol. The molecule has 6 nitrogen and oxygen atoms in total. The molecule has 1 atom stereocenters. The van der Waals surface area contributed by atoms with Gasteiger partial charge in [0.05, 0.1) is 0 Å². The summed E-state index contributed by atoms with van der Waals surface area (Å²) in [6.07, 6.45) is 3.64. The second kappa shape index (κ2) is 5.86. The molecular formula is C13H21N5O. The van der Waals surface area contributed by atoms with Crippen molar-refractivity contribution < 1.29 is 4.79 Å². The van der Waals surface area contributed by atoms with E-state index < -0.39 is 0 Å². The minimum absolute atomic E-state index is 0.0439. The van der Waals surface area contributed by atoms with Crippen molar-refractivity contribution >= 4 is 17.7 Å². The number of hydrogen-bond donors (Lipinski definition) is 2. The van der Waals surface area contributed by atoms with Crippen LogP contribution in [0.1, 0.15) is 26.7 Å². The zero-order chi connectivity index (χ0) is 13.8. The van der Waals surface area contributed by atoms with Crippen LogP contribution in [0.4, 0.5) is 11.8 Å². The van der Waals surface area contributed by atoms with Crippen molar-refractivity contribution in [2.45, 2.75) is 32.7 Å². The molecule has 0 aliphatic carbocycles. The van der Waals surface area contributed by atoms with E-state index in [1.54, 1.807) is 12.3 Å². The van der Waals surface area contributed by atoms with Crippen molar-refractivity contribution in [1.29, 1.82) is 0 Å². The Hall–Kier alpha value is -1.85. The highest BCUT2D eigenvalue weighted by Gasteiger charge is 2.25. The van der Waals surface area contributed by atoms with Crippen molar-refractivity contribution in [3.8, 4) is 0 Å². The number of aromatic nitrogens is 2. The predicted octanol–water partition coefficient (Wildman–Crippen LogP) is 1.12. The summed E-state index contributed by atoms with van der Waals surface area (Å²) in [5.41, 5.74) is 5.62. The fraction of sp³-hybridized carbons (Fsp3) is 0.615. The zero-order valence-corrected chi connectivity index (χ0v) is 11.5. The maximum absolute atomic E-state index is 12.0. The highest BCUT2D eigenvalue weighted by atomic mass is 16.2. The van der Waals surface area contributed by atoms with Crippen LogP contribution in [0.15, 0.2) is 12.3 Å². The molecule has 2 heterocycles. The summed E-state index contributed by atoms with van der Waals surface area (Å²) >= 11 is 0. The standard InChI is InChI=1S/C13H21N5O/c1-9(2)12(19)18-7-3-4-10(8-18)16-13-15-6-5-11(14)17-13/h5-6,9-10H,3-4,7-8H2,1-2H3,(H3,14,15,16,17)/t10-/m1/s1. The first-order chi connectivity index (χ1) is 9.06. The molecule has 6 heteroatoms. The van der Waals surface area contributed by atoms with Gasteiger partial charge in [-0.1, -0.05) is 13.8 Å². The van der Waals surface area contributed by atoms with Gasteiger partial charge < -0.3 is 16.0 Å². The molecule has 0 bridgehead atoms. The average Bonchev–Trinajstić information content (AvgIpc) is 2.38. The summed E-state index contributed by atoms with van der Waals surface area (Å²) in [5, 5.41) is 3.25. The fourth-order valence-electron chi connectivity index (χ4n) is 2.29. The van der Waals surface area contributed by atoms with E-state index in [4.69, 9.17) is 5.73 Å². The third-order valence-electron chi connectivity index (χ3n) is 3.24. The fourth-order valence-corrected chi connectivity index (χ4v) is 2.29. The number of anilines is 2. The van der Waals surface area contributed by atoms with Gasteiger partial charge in [0.1, 0.15) is 5.82 Å². The van der Waals surface area contributed by atoms with Gasteiger partial charge in [-0.3, -0.25) is 4.79 Å². The quantitative estimate of drug-likeness (QED) is 0.853. The molecule has 1 amide bonds. The zero-order valence-electron chi connectivity index (χ0n) is 11.5. The first kappa shape index (κ1) is 13.6. The lowest BCUT2D eigenvalue weighted by Crippen LogP contribution is -2.46. The van der Waals surface area contributed by atoms with Crippen molar-refractivity contribution in [2.75, 3.05) is 24.1 Å². The normalized spacial score (nSPS) is 19.5.